The third-order valence-corrected chi connectivity index (χ3v) is 19.9. The van der Waals surface area contributed by atoms with Gasteiger partial charge in [0.25, 0.3) is 0 Å². The summed E-state index contributed by atoms with van der Waals surface area (Å²) in [6, 6.07) is 0. The zero-order valence-corrected chi connectivity index (χ0v) is 19.0. The lowest BCUT2D eigenvalue weighted by Crippen LogP contribution is -2.66. The first-order valence-electron chi connectivity index (χ1n) is 9.14. The van der Waals surface area contributed by atoms with Crippen LogP contribution in [0.4, 0.5) is 0 Å². The largest absolute Gasteiger partial charge is 0.455 e. The molecule has 5 heterocycles. The Labute approximate surface area is 153 Å². The number of nitrogens with one attached hydrogen (secondary N) is 4. The summed E-state index contributed by atoms with van der Waals surface area (Å²) >= 11 is 0. The molecule has 25 heavy (non-hydrogen) atoms. The fourth-order valence-electron chi connectivity index (χ4n) is 4.28. The van der Waals surface area contributed by atoms with Crippen molar-refractivity contribution >= 4 is 30.2 Å². The number of nitrogens with zero attached hydrogens (tertiary/aromatic N) is 3. The lowest BCUT2D eigenvalue weighted by Gasteiger charge is -2.41. The third kappa shape index (κ3) is 2.19. The number of rotatable bonds is 2. The van der Waals surface area contributed by atoms with Crippen LogP contribution in [0, 0.1) is 10.8 Å². The summed E-state index contributed by atoms with van der Waals surface area (Å²) in [6.45, 7) is 16.3. The van der Waals surface area contributed by atoms with E-state index >= 15 is 0 Å². The Morgan fingerprint density at radius 2 is 1.60 bits per heavy atom. The second-order valence-electron chi connectivity index (χ2n) is 10.1. The Kier molecular flexibility index (Phi) is 2.99. The quantitative estimate of drug-likeness (QED) is 0.382. The van der Waals surface area contributed by atoms with Crippen LogP contribution < -0.4 is 20.4 Å². The van der Waals surface area contributed by atoms with Gasteiger partial charge in [0.1, 0.15) is 0 Å². The fourth-order valence-corrected chi connectivity index (χ4v) is 24.1. The van der Waals surface area contributed by atoms with Crippen molar-refractivity contribution in [3.8, 4) is 0 Å². The highest BCUT2D eigenvalue weighted by molar-refractivity contribution is 7.39. The van der Waals surface area contributed by atoms with Gasteiger partial charge in [-0.2, -0.15) is 0 Å². The van der Waals surface area contributed by atoms with Gasteiger partial charge in [-0.1, -0.05) is 41.5 Å². The summed E-state index contributed by atoms with van der Waals surface area (Å²) in [7, 11) is -4.58. The zero-order chi connectivity index (χ0) is 17.8. The van der Waals surface area contributed by atoms with Gasteiger partial charge < -0.3 is 13.4 Å². The van der Waals surface area contributed by atoms with E-state index in [1.165, 1.54) is 5.70 Å². The van der Waals surface area contributed by atoms with Gasteiger partial charge in [0, 0.05) is 13.1 Å². The van der Waals surface area contributed by atoms with Crippen LogP contribution in [0.25, 0.3) is 0 Å². The van der Waals surface area contributed by atoms with Crippen LogP contribution in [0.2, 0.25) is 0 Å². The van der Waals surface area contributed by atoms with Crippen molar-refractivity contribution in [2.24, 2.45) is 10.8 Å². The number of allylic oxidation sites excluding steroid dienone is 2. The van der Waals surface area contributed by atoms with E-state index in [1.54, 1.807) is 5.29 Å². The average Bonchev–Trinajstić information content (AvgIpc) is 3.35. The van der Waals surface area contributed by atoms with E-state index in [0.717, 1.165) is 13.1 Å². The highest BCUT2D eigenvalue weighted by Gasteiger charge is 2.77. The van der Waals surface area contributed by atoms with Crippen molar-refractivity contribution in [2.45, 2.75) is 41.5 Å². The lowest BCUT2D eigenvalue weighted by molar-refractivity contribution is 0.320. The van der Waals surface area contributed by atoms with Crippen molar-refractivity contribution in [3.05, 3.63) is 24.0 Å². The minimum Gasteiger partial charge on any atom is -0.389 e. The van der Waals surface area contributed by atoms with Crippen molar-refractivity contribution in [3.63, 3.8) is 0 Å². The van der Waals surface area contributed by atoms with Crippen molar-refractivity contribution in [2.75, 3.05) is 13.1 Å². The van der Waals surface area contributed by atoms with Gasteiger partial charge in [-0.25, -0.2) is 20.4 Å². The highest BCUT2D eigenvalue weighted by atomic mass is 29.2. The Morgan fingerprint density at radius 1 is 0.960 bits per heavy atom. The van der Waals surface area contributed by atoms with E-state index in [9.17, 15) is 0 Å². The number of hydrazine groups is 2. The standard InChI is InChI=1S/C15H29N7Si3/c1-14(2,3)10-21-12-8-7-9-20-13(12)23(25(21)18-19-25)22(11-15(4,5)6)24(20)16-17-24/h7-9,16-19H,10-11H2,1-6H3. The van der Waals surface area contributed by atoms with Crippen LogP contribution in [-0.4, -0.2) is 56.6 Å². The van der Waals surface area contributed by atoms with Gasteiger partial charge in [-0.15, -0.1) is 0 Å². The Balaban J connectivity index is 1.62. The molecule has 0 aromatic carbocycles. The van der Waals surface area contributed by atoms with Gasteiger partial charge in [0.05, 0.1) is 11.0 Å². The first-order valence-corrected chi connectivity index (χ1v) is 15.4. The van der Waals surface area contributed by atoms with Gasteiger partial charge in [0.2, 0.25) is 8.09 Å². The first kappa shape index (κ1) is 16.4. The predicted octanol–water partition coefficient (Wildman–Crippen LogP) is -0.205. The maximum atomic E-state index is 3.72. The van der Waals surface area contributed by atoms with E-state index in [2.05, 4.69) is 93.6 Å². The fraction of sp³-hybridized carbons (Fsp3) is 0.667. The lowest BCUT2D eigenvalue weighted by atomic mass is 9.97. The molecule has 10 heteroatoms. The molecule has 4 N–H and O–H groups in total. The second kappa shape index (κ2) is 4.55. The summed E-state index contributed by atoms with van der Waals surface area (Å²) in [6.07, 6.45) is 6.88. The van der Waals surface area contributed by atoms with E-state index in [1.807, 2.05) is 0 Å². The number of hydrogen-bond acceptors (Lipinski definition) is 7. The SMILES string of the molecule is CC(C)(C)CN1[Si]2=C3C(=CC=CN3[Si]13NN3)N(CC(C)(C)C)[Si]21NN1. The molecule has 5 rings (SSSR count). The van der Waals surface area contributed by atoms with Crippen molar-refractivity contribution in [1.82, 2.24) is 33.7 Å². The maximum Gasteiger partial charge on any atom is 0.455 e. The summed E-state index contributed by atoms with van der Waals surface area (Å²) < 4.78 is 8.20. The Bertz CT molecular complexity index is 737. The summed E-state index contributed by atoms with van der Waals surface area (Å²) in [5, 5.41) is 16.3. The van der Waals surface area contributed by atoms with Crippen molar-refractivity contribution < 1.29 is 0 Å². The summed E-state index contributed by atoms with van der Waals surface area (Å²) in [4.78, 5) is 0. The molecule has 0 aromatic rings. The van der Waals surface area contributed by atoms with Crippen LogP contribution in [0.5, 0.6) is 0 Å². The topological polar surface area (TPSA) is 97.5 Å². The molecule has 2 spiro atoms. The molecule has 136 valence electrons. The van der Waals surface area contributed by atoms with Gasteiger partial charge in [-0.05, 0) is 29.2 Å². The van der Waals surface area contributed by atoms with Crippen molar-refractivity contribution in [1.29, 1.82) is 0 Å². The Hall–Kier alpha value is -0.759. The number of hydrogen-bond donors (Lipinski definition) is 4. The van der Waals surface area contributed by atoms with Crippen LogP contribution in [0.1, 0.15) is 41.5 Å². The molecule has 2 fully saturated rings. The minimum absolute atomic E-state index is 0.278. The van der Waals surface area contributed by atoms with E-state index < -0.39 is 24.9 Å². The molecule has 0 amide bonds. The van der Waals surface area contributed by atoms with Gasteiger partial charge in [-0.3, -0.25) is 0 Å². The molecule has 0 bridgehead atoms. The molecule has 0 aliphatic carbocycles. The summed E-state index contributed by atoms with van der Waals surface area (Å²) in [5.74, 6) is 0. The molecule has 5 aliphatic rings. The molecule has 0 unspecified atom stereocenters. The second-order valence-corrected chi connectivity index (χ2v) is 21.2. The minimum atomic E-state index is -1.91. The molecule has 0 aromatic heterocycles. The first-order chi connectivity index (χ1) is 11.6. The van der Waals surface area contributed by atoms with E-state index in [-0.39, 0.29) is 10.8 Å². The van der Waals surface area contributed by atoms with Crippen LogP contribution in [0.3, 0.4) is 0 Å². The summed E-state index contributed by atoms with van der Waals surface area (Å²) in [5.41, 5.74) is 2.03. The van der Waals surface area contributed by atoms with E-state index in [4.69, 9.17) is 0 Å². The molecule has 0 radical (unpaired) electrons. The van der Waals surface area contributed by atoms with E-state index in [0.29, 0.717) is 0 Å². The van der Waals surface area contributed by atoms with Gasteiger partial charge in [0.15, 0.2) is 0 Å². The molecular formula is C15H29N7Si3. The molecular weight excluding hydrogens is 362 g/mol. The Morgan fingerprint density at radius 3 is 2.12 bits per heavy atom. The number of fused-ring (bicyclic) bond motifs is 2. The third-order valence-electron chi connectivity index (χ3n) is 5.22. The maximum absolute atomic E-state index is 3.72. The smallest absolute Gasteiger partial charge is 0.389 e. The van der Waals surface area contributed by atoms with Gasteiger partial charge >= 0.3 is 16.8 Å². The zero-order valence-electron chi connectivity index (χ0n) is 16.0. The average molecular weight is 392 g/mol. The molecule has 7 nitrogen and oxygen atoms in total. The van der Waals surface area contributed by atoms with Crippen LogP contribution in [0.15, 0.2) is 24.0 Å². The van der Waals surface area contributed by atoms with Crippen LogP contribution in [-0.2, 0) is 0 Å². The monoisotopic (exact) mass is 391 g/mol. The predicted molar refractivity (Wildman–Crippen MR) is 106 cm³/mol. The molecule has 0 atom stereocenters. The molecule has 5 aliphatic heterocycles. The normalized spacial score (nSPS) is 27.6. The van der Waals surface area contributed by atoms with Crippen LogP contribution >= 0.6 is 0 Å². The molecule has 0 saturated carbocycles. The molecule has 2 saturated heterocycles. The highest BCUT2D eigenvalue weighted by Crippen LogP contribution is 2.42.